The van der Waals surface area contributed by atoms with Crippen molar-refractivity contribution in [2.75, 3.05) is 32.7 Å². The van der Waals surface area contributed by atoms with Crippen LogP contribution in [-0.2, 0) is 0 Å². The van der Waals surface area contributed by atoms with Gasteiger partial charge in [-0.3, -0.25) is 9.59 Å². The highest BCUT2D eigenvalue weighted by atomic mass is 35.5. The predicted molar refractivity (Wildman–Crippen MR) is 152 cm³/mol. The van der Waals surface area contributed by atoms with Gasteiger partial charge < -0.3 is 15.2 Å². The minimum atomic E-state index is -0.971. The van der Waals surface area contributed by atoms with E-state index in [0.29, 0.717) is 59.0 Å². The van der Waals surface area contributed by atoms with E-state index in [1.807, 2.05) is 0 Å². The number of aliphatic hydroxyl groups is 1. The normalized spacial score (nSPS) is 22.0. The van der Waals surface area contributed by atoms with Crippen LogP contribution in [0.25, 0.3) is 0 Å². The monoisotopic (exact) mass is 554 g/mol. The molecule has 1 amide bonds. The van der Waals surface area contributed by atoms with Crippen LogP contribution in [0.3, 0.4) is 0 Å². The molecule has 0 bridgehead atoms. The third kappa shape index (κ3) is 6.65. The first kappa shape index (κ1) is 28.1. The Morgan fingerprint density at radius 2 is 1.44 bits per heavy atom. The number of Topliss-reactive ketones (excluding diaryl/α,β-unsaturated/α-hetero) is 1. The van der Waals surface area contributed by atoms with E-state index in [2.05, 4.69) is 10.7 Å². The molecule has 0 unspecified atom stereocenters. The van der Waals surface area contributed by atoms with Crippen LogP contribution in [0, 0.1) is 0 Å². The number of halogens is 1. The van der Waals surface area contributed by atoms with Gasteiger partial charge in [-0.25, -0.2) is 4.59 Å². The second-order valence-electron chi connectivity index (χ2n) is 11.7. The molecule has 210 valence electrons. The first-order chi connectivity index (χ1) is 18.8. The molecule has 7 nitrogen and oxygen atoms in total. The highest BCUT2D eigenvalue weighted by molar-refractivity contribution is 6.30. The SMILES string of the molecule is O=C(N[N+]1(CC2(O)CCCCC2)CCCCC1)c1ccc(C(=O)C2(Oc3ccc(Cl)cc3)CCNCC2)cc1. The molecule has 8 heteroatoms. The van der Waals surface area contributed by atoms with Crippen molar-refractivity contribution in [3.05, 3.63) is 64.7 Å². The van der Waals surface area contributed by atoms with Crippen LogP contribution < -0.4 is 15.5 Å². The van der Waals surface area contributed by atoms with Crippen molar-refractivity contribution in [2.45, 2.75) is 75.4 Å². The summed E-state index contributed by atoms with van der Waals surface area (Å²) in [5.41, 5.74) is 2.65. The molecule has 39 heavy (non-hydrogen) atoms. The molecule has 2 aromatic carbocycles. The molecule has 0 spiro atoms. The Bertz CT molecular complexity index is 1130. The highest BCUT2D eigenvalue weighted by Gasteiger charge is 2.44. The van der Waals surface area contributed by atoms with E-state index in [-0.39, 0.29) is 11.7 Å². The Morgan fingerprint density at radius 1 is 0.846 bits per heavy atom. The van der Waals surface area contributed by atoms with Crippen LogP contribution in [-0.4, -0.2) is 65.3 Å². The van der Waals surface area contributed by atoms with Gasteiger partial charge >= 0.3 is 0 Å². The Kier molecular flexibility index (Phi) is 8.62. The zero-order chi connectivity index (χ0) is 27.3. The van der Waals surface area contributed by atoms with Gasteiger partial charge in [0.05, 0.1) is 0 Å². The van der Waals surface area contributed by atoms with E-state index in [9.17, 15) is 14.7 Å². The van der Waals surface area contributed by atoms with Crippen LogP contribution in [0.5, 0.6) is 5.75 Å². The van der Waals surface area contributed by atoms with Crippen molar-refractivity contribution in [2.24, 2.45) is 0 Å². The second kappa shape index (κ2) is 12.0. The zero-order valence-electron chi connectivity index (χ0n) is 22.7. The number of carbonyl (C=O) groups is 2. The number of benzene rings is 2. The number of nitrogens with one attached hydrogen (secondary N) is 2. The van der Waals surface area contributed by atoms with E-state index in [1.165, 1.54) is 6.42 Å². The number of quaternary nitrogens is 1. The summed E-state index contributed by atoms with van der Waals surface area (Å²) in [6.07, 6.45) is 9.19. The second-order valence-corrected chi connectivity index (χ2v) is 12.2. The molecule has 0 atom stereocenters. The lowest BCUT2D eigenvalue weighted by Gasteiger charge is -2.45. The summed E-state index contributed by atoms with van der Waals surface area (Å²) in [5.74, 6) is 0.370. The van der Waals surface area contributed by atoms with E-state index >= 15 is 0 Å². The number of likely N-dealkylation sites (tertiary alicyclic amines) is 1. The van der Waals surface area contributed by atoms with Gasteiger partial charge in [0.2, 0.25) is 5.78 Å². The number of nitrogens with zero attached hydrogens (tertiary/aromatic N) is 1. The summed E-state index contributed by atoms with van der Waals surface area (Å²) >= 11 is 6.03. The molecule has 0 radical (unpaired) electrons. The van der Waals surface area contributed by atoms with Gasteiger partial charge in [0, 0.05) is 29.0 Å². The van der Waals surface area contributed by atoms with E-state index < -0.39 is 11.2 Å². The summed E-state index contributed by atoms with van der Waals surface area (Å²) in [6, 6.07) is 14.0. The number of rotatable bonds is 8. The van der Waals surface area contributed by atoms with Gasteiger partial charge in [-0.15, -0.1) is 0 Å². The van der Waals surface area contributed by atoms with E-state index in [0.717, 1.165) is 58.0 Å². The van der Waals surface area contributed by atoms with Crippen molar-refractivity contribution < 1.29 is 24.0 Å². The van der Waals surface area contributed by atoms with E-state index in [1.54, 1.807) is 48.5 Å². The molecule has 3 N–H and O–H groups in total. The molecule has 3 fully saturated rings. The Labute approximate surface area is 236 Å². The quantitative estimate of drug-likeness (QED) is 0.313. The van der Waals surface area contributed by atoms with Gasteiger partial charge in [-0.2, -0.15) is 5.43 Å². The fourth-order valence-corrected chi connectivity index (χ4v) is 6.73. The fraction of sp³-hybridized carbons (Fsp3) is 0.548. The molecule has 0 aromatic heterocycles. The van der Waals surface area contributed by atoms with Crippen LogP contribution >= 0.6 is 11.6 Å². The first-order valence-electron chi connectivity index (χ1n) is 14.5. The number of ketones is 1. The number of hydrogen-bond acceptors (Lipinski definition) is 5. The van der Waals surface area contributed by atoms with E-state index in [4.69, 9.17) is 16.3 Å². The molecule has 1 aliphatic carbocycles. The lowest BCUT2D eigenvalue weighted by atomic mass is 9.84. The van der Waals surface area contributed by atoms with Gasteiger partial charge in [0.1, 0.15) is 31.0 Å². The molecule has 2 saturated heterocycles. The third-order valence-electron chi connectivity index (χ3n) is 8.75. The molecule has 1 saturated carbocycles. The standard InChI is InChI=1S/C31H40ClN3O4/c32-26-11-13-27(14-12-26)39-31(17-19-33-20-18-31)28(36)24-7-9-25(10-8-24)29(37)34-35(21-5-2-6-22-35)23-30(38)15-3-1-4-16-30/h7-14,33,38H,1-6,15-23H2/p+1. The Balaban J connectivity index is 1.31. The third-order valence-corrected chi connectivity index (χ3v) is 9.01. The Morgan fingerprint density at radius 3 is 2.08 bits per heavy atom. The minimum Gasteiger partial charge on any atom is -0.479 e. The van der Waals surface area contributed by atoms with Crippen LogP contribution in [0.4, 0.5) is 0 Å². The van der Waals surface area contributed by atoms with Crippen LogP contribution in [0.1, 0.15) is 84.9 Å². The molecule has 2 heterocycles. The average molecular weight is 555 g/mol. The summed E-state index contributed by atoms with van der Waals surface area (Å²) in [7, 11) is 0. The van der Waals surface area contributed by atoms with Crippen LogP contribution in [0.15, 0.2) is 48.5 Å². The molecular formula is C31H41ClN3O4+. The number of piperidine rings is 2. The van der Waals surface area contributed by atoms with Crippen molar-refractivity contribution in [3.63, 3.8) is 0 Å². The molecular weight excluding hydrogens is 514 g/mol. The van der Waals surface area contributed by atoms with Crippen molar-refractivity contribution in [3.8, 4) is 5.75 Å². The van der Waals surface area contributed by atoms with Gasteiger partial charge in [-0.1, -0.05) is 43.0 Å². The summed E-state index contributed by atoms with van der Waals surface area (Å²) in [4.78, 5) is 27.2. The smallest absolute Gasteiger partial charge is 0.295 e. The lowest BCUT2D eigenvalue weighted by molar-refractivity contribution is -0.970. The largest absolute Gasteiger partial charge is 0.479 e. The predicted octanol–water partition coefficient (Wildman–Crippen LogP) is 5.06. The van der Waals surface area contributed by atoms with Crippen molar-refractivity contribution in [1.29, 1.82) is 0 Å². The molecule has 2 aliphatic heterocycles. The zero-order valence-corrected chi connectivity index (χ0v) is 23.5. The first-order valence-corrected chi connectivity index (χ1v) is 14.9. The minimum absolute atomic E-state index is 0.0787. The van der Waals surface area contributed by atoms with Gasteiger partial charge in [0.15, 0.2) is 5.60 Å². The number of carbonyl (C=O) groups excluding carboxylic acids is 2. The van der Waals surface area contributed by atoms with Crippen molar-refractivity contribution in [1.82, 2.24) is 10.7 Å². The molecule has 5 rings (SSSR count). The number of hydrogen-bond donors (Lipinski definition) is 3. The average Bonchev–Trinajstić information content (AvgIpc) is 2.95. The summed E-state index contributed by atoms with van der Waals surface area (Å²) in [6.45, 7) is 3.61. The molecule has 2 aromatic rings. The Hall–Kier alpha value is -2.45. The maximum atomic E-state index is 13.8. The van der Waals surface area contributed by atoms with Gasteiger partial charge in [-0.05, 0) is 81.6 Å². The topological polar surface area (TPSA) is 87.7 Å². The van der Waals surface area contributed by atoms with Gasteiger partial charge in [0.25, 0.3) is 5.91 Å². The lowest BCUT2D eigenvalue weighted by Crippen LogP contribution is -2.67. The summed E-state index contributed by atoms with van der Waals surface area (Å²) < 4.78 is 6.77. The fourth-order valence-electron chi connectivity index (χ4n) is 6.61. The summed E-state index contributed by atoms with van der Waals surface area (Å²) in [5, 5.41) is 15.2. The maximum absolute atomic E-state index is 13.8. The number of amides is 1. The van der Waals surface area contributed by atoms with Crippen LogP contribution in [0.2, 0.25) is 5.02 Å². The van der Waals surface area contributed by atoms with Crippen molar-refractivity contribution >= 4 is 23.3 Å². The highest BCUT2D eigenvalue weighted by Crippen LogP contribution is 2.33. The molecule has 3 aliphatic rings. The number of ether oxygens (including phenoxy) is 1. The maximum Gasteiger partial charge on any atom is 0.295 e.